The molecule has 21 heavy (non-hydrogen) atoms. The molecule has 1 aromatic carbocycles. The van der Waals surface area contributed by atoms with Crippen molar-refractivity contribution in [3.05, 3.63) is 33.3 Å². The van der Waals surface area contributed by atoms with Gasteiger partial charge in [-0.3, -0.25) is 14.9 Å². The molecule has 0 aliphatic heterocycles. The van der Waals surface area contributed by atoms with Crippen LogP contribution in [0.4, 0.5) is 5.69 Å². The van der Waals surface area contributed by atoms with Gasteiger partial charge in [-0.2, -0.15) is 0 Å². The molecule has 6 nitrogen and oxygen atoms in total. The molecule has 0 aliphatic carbocycles. The molecule has 0 spiro atoms. The zero-order valence-corrected chi connectivity index (χ0v) is 12.9. The summed E-state index contributed by atoms with van der Waals surface area (Å²) in [6, 6.07) is 3.87. The summed E-state index contributed by atoms with van der Waals surface area (Å²) in [5, 5.41) is 13.7. The van der Waals surface area contributed by atoms with E-state index in [1.165, 1.54) is 18.2 Å². The number of non-ortho nitro benzene ring substituents is 1. The second-order valence-corrected chi connectivity index (χ2v) is 5.04. The molecule has 0 saturated heterocycles. The normalized spacial score (nSPS) is 11.8. The van der Waals surface area contributed by atoms with Gasteiger partial charge in [0.25, 0.3) is 11.6 Å². The number of halogens is 1. The highest BCUT2D eigenvalue weighted by atomic mass is 35.5. The molecule has 7 heteroatoms. The zero-order valence-electron chi connectivity index (χ0n) is 12.1. The Hall–Kier alpha value is -1.82. The van der Waals surface area contributed by atoms with Gasteiger partial charge in [-0.25, -0.2) is 0 Å². The Labute approximate surface area is 128 Å². The second-order valence-electron chi connectivity index (χ2n) is 4.63. The van der Waals surface area contributed by atoms with Gasteiger partial charge in [0.05, 0.1) is 16.0 Å². The Kier molecular flexibility index (Phi) is 6.94. The monoisotopic (exact) mass is 314 g/mol. The van der Waals surface area contributed by atoms with E-state index in [0.717, 1.165) is 19.3 Å². The van der Waals surface area contributed by atoms with Crippen LogP contribution in [0.25, 0.3) is 0 Å². The first-order chi connectivity index (χ1) is 9.95. The topological polar surface area (TPSA) is 81.5 Å². The Morgan fingerprint density at radius 2 is 2.19 bits per heavy atom. The average Bonchev–Trinajstić information content (AvgIpc) is 2.45. The maximum Gasteiger partial charge on any atom is 0.273 e. The lowest BCUT2D eigenvalue weighted by molar-refractivity contribution is -0.384. The van der Waals surface area contributed by atoms with Crippen LogP contribution >= 0.6 is 11.6 Å². The number of nitrogens with zero attached hydrogens (tertiary/aromatic N) is 1. The van der Waals surface area contributed by atoms with Crippen LogP contribution in [0.1, 0.15) is 33.1 Å². The molecule has 0 radical (unpaired) electrons. The Morgan fingerprint density at radius 3 is 2.81 bits per heavy atom. The first kappa shape index (κ1) is 17.2. The lowest BCUT2D eigenvalue weighted by Gasteiger charge is -2.15. The van der Waals surface area contributed by atoms with Crippen LogP contribution < -0.4 is 10.1 Å². The van der Waals surface area contributed by atoms with E-state index in [0.29, 0.717) is 6.54 Å². The fourth-order valence-electron chi connectivity index (χ4n) is 1.67. The summed E-state index contributed by atoms with van der Waals surface area (Å²) in [5.74, 6) is -0.143. The standard InChI is InChI=1S/C14H19ClN2O4/c1-3-4-5-8-16-14(18)10(2)21-13-9-11(17(19)20)6-7-12(13)15/h6-7,9-10H,3-5,8H2,1-2H3,(H,16,18). The molecule has 1 unspecified atom stereocenters. The van der Waals surface area contributed by atoms with Crippen molar-refractivity contribution in [1.82, 2.24) is 5.32 Å². The van der Waals surface area contributed by atoms with Crippen molar-refractivity contribution in [2.24, 2.45) is 0 Å². The molecule has 1 aromatic rings. The predicted molar refractivity (Wildman–Crippen MR) is 80.7 cm³/mol. The van der Waals surface area contributed by atoms with Crippen LogP contribution in [0.2, 0.25) is 5.02 Å². The molecule has 1 atom stereocenters. The lowest BCUT2D eigenvalue weighted by atomic mass is 10.2. The fraction of sp³-hybridized carbons (Fsp3) is 0.500. The number of nitro groups is 1. The van der Waals surface area contributed by atoms with Gasteiger partial charge in [0, 0.05) is 12.6 Å². The first-order valence-electron chi connectivity index (χ1n) is 6.84. The summed E-state index contributed by atoms with van der Waals surface area (Å²) in [6.45, 7) is 4.24. The number of amides is 1. The van der Waals surface area contributed by atoms with Gasteiger partial charge in [-0.15, -0.1) is 0 Å². The summed E-state index contributed by atoms with van der Waals surface area (Å²) in [6.07, 6.45) is 2.26. The highest BCUT2D eigenvalue weighted by Crippen LogP contribution is 2.29. The third-order valence-corrected chi connectivity index (χ3v) is 3.19. The largest absolute Gasteiger partial charge is 0.479 e. The van der Waals surface area contributed by atoms with E-state index in [1.807, 2.05) is 0 Å². The SMILES string of the molecule is CCCCCNC(=O)C(C)Oc1cc([N+](=O)[O-])ccc1Cl. The quantitative estimate of drug-likeness (QED) is 0.453. The molecule has 0 saturated carbocycles. The number of ether oxygens (including phenoxy) is 1. The number of hydrogen-bond acceptors (Lipinski definition) is 4. The number of unbranched alkanes of at least 4 members (excludes halogenated alkanes) is 2. The van der Waals surface area contributed by atoms with E-state index >= 15 is 0 Å². The minimum atomic E-state index is -0.772. The summed E-state index contributed by atoms with van der Waals surface area (Å²) in [7, 11) is 0. The fourth-order valence-corrected chi connectivity index (χ4v) is 1.83. The smallest absolute Gasteiger partial charge is 0.273 e. The molecule has 0 aromatic heterocycles. The maximum atomic E-state index is 11.8. The molecule has 0 heterocycles. The van der Waals surface area contributed by atoms with Gasteiger partial charge in [0.2, 0.25) is 0 Å². The van der Waals surface area contributed by atoms with Crippen LogP contribution in [0, 0.1) is 10.1 Å². The van der Waals surface area contributed by atoms with Crippen molar-refractivity contribution in [2.45, 2.75) is 39.2 Å². The van der Waals surface area contributed by atoms with Gasteiger partial charge in [-0.1, -0.05) is 31.4 Å². The molecule has 1 N–H and O–H groups in total. The molecule has 116 valence electrons. The van der Waals surface area contributed by atoms with Crippen molar-refractivity contribution >= 4 is 23.2 Å². The maximum absolute atomic E-state index is 11.8. The van der Waals surface area contributed by atoms with E-state index in [1.54, 1.807) is 6.92 Å². The molecule has 0 fully saturated rings. The van der Waals surface area contributed by atoms with Gasteiger partial charge < -0.3 is 10.1 Å². The number of carbonyl (C=O) groups excluding carboxylic acids is 1. The van der Waals surface area contributed by atoms with Crippen molar-refractivity contribution < 1.29 is 14.5 Å². The summed E-state index contributed by atoms with van der Waals surface area (Å²) >= 11 is 5.92. The number of carbonyl (C=O) groups is 1. The van der Waals surface area contributed by atoms with Gasteiger partial charge in [-0.05, 0) is 19.4 Å². The average molecular weight is 315 g/mol. The van der Waals surface area contributed by atoms with Gasteiger partial charge >= 0.3 is 0 Å². The van der Waals surface area contributed by atoms with Crippen LogP contribution in [0.3, 0.4) is 0 Å². The first-order valence-corrected chi connectivity index (χ1v) is 7.21. The Bertz CT molecular complexity index is 508. The van der Waals surface area contributed by atoms with E-state index in [4.69, 9.17) is 16.3 Å². The number of benzene rings is 1. The molecular weight excluding hydrogens is 296 g/mol. The van der Waals surface area contributed by atoms with Gasteiger partial charge in [0.1, 0.15) is 5.75 Å². The van der Waals surface area contributed by atoms with E-state index in [-0.39, 0.29) is 22.4 Å². The second kappa shape index (κ2) is 8.46. The Morgan fingerprint density at radius 1 is 1.48 bits per heavy atom. The number of nitrogens with one attached hydrogen (secondary N) is 1. The molecule has 0 aliphatic rings. The van der Waals surface area contributed by atoms with Crippen molar-refractivity contribution in [3.8, 4) is 5.75 Å². The highest BCUT2D eigenvalue weighted by molar-refractivity contribution is 6.32. The third-order valence-electron chi connectivity index (χ3n) is 2.88. The minimum Gasteiger partial charge on any atom is -0.479 e. The van der Waals surface area contributed by atoms with Crippen molar-refractivity contribution in [2.75, 3.05) is 6.54 Å². The summed E-state index contributed by atoms with van der Waals surface area (Å²) in [4.78, 5) is 22.0. The molecule has 1 amide bonds. The molecule has 1 rings (SSSR count). The van der Waals surface area contributed by atoms with E-state index in [9.17, 15) is 14.9 Å². The van der Waals surface area contributed by atoms with Crippen LogP contribution in [0.5, 0.6) is 5.75 Å². The van der Waals surface area contributed by atoms with Crippen LogP contribution in [0.15, 0.2) is 18.2 Å². The highest BCUT2D eigenvalue weighted by Gasteiger charge is 2.18. The summed E-state index contributed by atoms with van der Waals surface area (Å²) in [5.41, 5.74) is -0.134. The zero-order chi connectivity index (χ0) is 15.8. The number of rotatable bonds is 8. The van der Waals surface area contributed by atoms with Gasteiger partial charge in [0.15, 0.2) is 6.10 Å². The molecule has 0 bridgehead atoms. The van der Waals surface area contributed by atoms with E-state index in [2.05, 4.69) is 12.2 Å². The van der Waals surface area contributed by atoms with Crippen molar-refractivity contribution in [1.29, 1.82) is 0 Å². The van der Waals surface area contributed by atoms with Crippen LogP contribution in [-0.2, 0) is 4.79 Å². The third kappa shape index (κ3) is 5.59. The predicted octanol–water partition coefficient (Wildman–Crippen LogP) is 3.32. The van der Waals surface area contributed by atoms with E-state index < -0.39 is 11.0 Å². The Balaban J connectivity index is 2.61. The lowest BCUT2D eigenvalue weighted by Crippen LogP contribution is -2.36. The minimum absolute atomic E-state index is 0.127. The van der Waals surface area contributed by atoms with Crippen LogP contribution in [-0.4, -0.2) is 23.5 Å². The molecular formula is C14H19ClN2O4. The van der Waals surface area contributed by atoms with Crippen molar-refractivity contribution in [3.63, 3.8) is 0 Å². The number of nitro benzene ring substituents is 1. The number of hydrogen-bond donors (Lipinski definition) is 1. The summed E-state index contributed by atoms with van der Waals surface area (Å²) < 4.78 is 5.41.